The van der Waals surface area contributed by atoms with Gasteiger partial charge in [-0.2, -0.15) is 11.8 Å². The molecular weight excluding hydrogens is 368 g/mol. The molecule has 0 bridgehead atoms. The molecule has 0 aliphatic carbocycles. The molecule has 0 aliphatic rings. The molecule has 0 unspecified atom stereocenters. The summed E-state index contributed by atoms with van der Waals surface area (Å²) in [6.07, 6.45) is 0. The highest BCUT2D eigenvalue weighted by Crippen LogP contribution is 2.41. The van der Waals surface area contributed by atoms with Crippen LogP contribution in [0.5, 0.6) is 5.75 Å². The Morgan fingerprint density at radius 1 is 0.750 bits per heavy atom. The minimum Gasteiger partial charge on any atom is -0.497 e. The van der Waals surface area contributed by atoms with Gasteiger partial charge in [0.2, 0.25) is 0 Å². The summed E-state index contributed by atoms with van der Waals surface area (Å²) < 4.78 is 12.0. The van der Waals surface area contributed by atoms with Crippen LogP contribution in [0, 0.1) is 0 Å². The minimum atomic E-state index is -0.714. The van der Waals surface area contributed by atoms with Crippen molar-refractivity contribution < 1.29 is 14.6 Å². The van der Waals surface area contributed by atoms with Gasteiger partial charge in [-0.15, -0.1) is 0 Å². The summed E-state index contributed by atoms with van der Waals surface area (Å²) in [5.74, 6) is 2.35. The number of hydrogen-bond donors (Lipinski definition) is 1. The molecule has 4 heteroatoms. The van der Waals surface area contributed by atoms with Crippen LogP contribution in [0.1, 0.15) is 16.7 Å². The Morgan fingerprint density at radius 2 is 1.29 bits per heavy atom. The fraction of sp³-hybridized carbons (Fsp3) is 0.250. The zero-order chi connectivity index (χ0) is 19.7. The maximum Gasteiger partial charge on any atom is 0.143 e. The van der Waals surface area contributed by atoms with Gasteiger partial charge >= 0.3 is 0 Å². The number of rotatable bonds is 10. The second kappa shape index (κ2) is 10.3. The summed E-state index contributed by atoms with van der Waals surface area (Å²) in [5, 5.41) is 9.04. The molecule has 0 amide bonds. The lowest BCUT2D eigenvalue weighted by Crippen LogP contribution is -2.33. The van der Waals surface area contributed by atoms with E-state index in [0.717, 1.165) is 33.9 Å². The Balaban J connectivity index is 2.08. The predicted molar refractivity (Wildman–Crippen MR) is 116 cm³/mol. The number of hydrogen-bond acceptors (Lipinski definition) is 4. The molecule has 3 rings (SSSR count). The lowest BCUT2D eigenvalue weighted by atomic mass is 9.80. The molecule has 146 valence electrons. The van der Waals surface area contributed by atoms with Crippen LogP contribution in [0.3, 0.4) is 0 Å². The third-order valence-corrected chi connectivity index (χ3v) is 5.57. The first kappa shape index (κ1) is 20.5. The summed E-state index contributed by atoms with van der Waals surface area (Å²) in [6.45, 7) is 0.756. The predicted octanol–water partition coefficient (Wildman–Crippen LogP) is 4.73. The number of aliphatic hydroxyl groups excluding tert-OH is 1. The monoisotopic (exact) mass is 394 g/mol. The largest absolute Gasteiger partial charge is 0.497 e. The summed E-state index contributed by atoms with van der Waals surface area (Å²) in [4.78, 5) is 0. The number of ether oxygens (including phenoxy) is 2. The zero-order valence-corrected chi connectivity index (χ0v) is 16.9. The van der Waals surface area contributed by atoms with Crippen molar-refractivity contribution in [3.8, 4) is 5.75 Å². The fourth-order valence-corrected chi connectivity index (χ4v) is 3.88. The smallest absolute Gasteiger partial charge is 0.143 e. The SMILES string of the molecule is COc1ccc(C(OCCSCCO)(c2ccccc2)c2ccccc2)cc1. The standard InChI is InChI=1S/C24H26O3S/c1-26-23-14-12-22(13-15-23)24(20-8-4-2-5-9-20,21-10-6-3-7-11-21)27-17-19-28-18-16-25/h2-15,25H,16-19H2,1H3. The van der Waals surface area contributed by atoms with Gasteiger partial charge in [0.15, 0.2) is 0 Å². The Kier molecular flexibility index (Phi) is 7.54. The summed E-state index contributed by atoms with van der Waals surface area (Å²) in [7, 11) is 1.67. The second-order valence-corrected chi connectivity index (χ2v) is 7.55. The van der Waals surface area contributed by atoms with E-state index in [0.29, 0.717) is 6.61 Å². The van der Waals surface area contributed by atoms with Crippen LogP contribution in [0.25, 0.3) is 0 Å². The van der Waals surface area contributed by atoms with E-state index in [1.807, 2.05) is 48.5 Å². The molecule has 0 fully saturated rings. The number of methoxy groups -OCH3 is 1. The molecule has 0 saturated heterocycles. The van der Waals surface area contributed by atoms with Gasteiger partial charge in [-0.05, 0) is 28.8 Å². The van der Waals surface area contributed by atoms with Crippen LogP contribution in [0.4, 0.5) is 0 Å². The maximum atomic E-state index is 9.04. The van der Waals surface area contributed by atoms with Gasteiger partial charge in [0.05, 0.1) is 20.3 Å². The normalized spacial score (nSPS) is 11.4. The quantitative estimate of drug-likeness (QED) is 0.399. The molecule has 0 saturated carbocycles. The molecule has 0 radical (unpaired) electrons. The third kappa shape index (κ3) is 4.58. The molecule has 0 heterocycles. The molecular formula is C24H26O3S. The van der Waals surface area contributed by atoms with Gasteiger partial charge < -0.3 is 14.6 Å². The van der Waals surface area contributed by atoms with Crippen LogP contribution >= 0.6 is 11.8 Å². The summed E-state index contributed by atoms with van der Waals surface area (Å²) in [5.41, 5.74) is 2.50. The lowest BCUT2D eigenvalue weighted by molar-refractivity contribution is 0.0233. The van der Waals surface area contributed by atoms with Crippen molar-refractivity contribution in [3.05, 3.63) is 102 Å². The van der Waals surface area contributed by atoms with Crippen LogP contribution in [0.2, 0.25) is 0 Å². The van der Waals surface area contributed by atoms with Crippen LogP contribution in [-0.2, 0) is 10.3 Å². The first-order chi connectivity index (χ1) is 13.8. The van der Waals surface area contributed by atoms with E-state index in [4.69, 9.17) is 14.6 Å². The van der Waals surface area contributed by atoms with E-state index in [2.05, 4.69) is 36.4 Å². The zero-order valence-electron chi connectivity index (χ0n) is 16.1. The van der Waals surface area contributed by atoms with E-state index >= 15 is 0 Å². The third-order valence-electron chi connectivity index (χ3n) is 4.64. The maximum absolute atomic E-state index is 9.04. The first-order valence-electron chi connectivity index (χ1n) is 9.39. The van der Waals surface area contributed by atoms with Crippen molar-refractivity contribution in [1.29, 1.82) is 0 Å². The molecule has 0 aromatic heterocycles. The van der Waals surface area contributed by atoms with E-state index in [-0.39, 0.29) is 6.61 Å². The van der Waals surface area contributed by atoms with Gasteiger partial charge in [0.25, 0.3) is 0 Å². The second-order valence-electron chi connectivity index (χ2n) is 6.33. The number of aliphatic hydroxyl groups is 1. The average Bonchev–Trinajstić information content (AvgIpc) is 2.78. The minimum absolute atomic E-state index is 0.186. The molecule has 3 nitrogen and oxygen atoms in total. The number of benzene rings is 3. The van der Waals surface area contributed by atoms with Gasteiger partial charge in [0, 0.05) is 11.5 Å². The van der Waals surface area contributed by atoms with Gasteiger partial charge in [-0.1, -0.05) is 72.8 Å². The topological polar surface area (TPSA) is 38.7 Å². The fourth-order valence-electron chi connectivity index (χ4n) is 3.34. The molecule has 0 spiro atoms. The Bertz CT molecular complexity index is 780. The Hall–Kier alpha value is -2.27. The molecule has 3 aromatic rings. The van der Waals surface area contributed by atoms with Gasteiger partial charge in [-0.25, -0.2) is 0 Å². The van der Waals surface area contributed by atoms with Crippen molar-refractivity contribution in [2.75, 3.05) is 31.8 Å². The lowest BCUT2D eigenvalue weighted by Gasteiger charge is -2.36. The van der Waals surface area contributed by atoms with Crippen molar-refractivity contribution in [1.82, 2.24) is 0 Å². The summed E-state index contributed by atoms with van der Waals surface area (Å²) in [6, 6.07) is 28.7. The Labute approximate surface area is 171 Å². The number of thioether (sulfide) groups is 1. The average molecular weight is 395 g/mol. The van der Waals surface area contributed by atoms with Crippen LogP contribution in [-0.4, -0.2) is 36.9 Å². The van der Waals surface area contributed by atoms with Crippen molar-refractivity contribution in [3.63, 3.8) is 0 Å². The molecule has 3 aromatic carbocycles. The molecule has 0 atom stereocenters. The Morgan fingerprint density at radius 3 is 1.79 bits per heavy atom. The van der Waals surface area contributed by atoms with Crippen LogP contribution < -0.4 is 4.74 Å². The van der Waals surface area contributed by atoms with Crippen molar-refractivity contribution in [2.24, 2.45) is 0 Å². The summed E-state index contributed by atoms with van der Waals surface area (Å²) >= 11 is 1.69. The molecule has 0 aliphatic heterocycles. The van der Waals surface area contributed by atoms with E-state index in [1.165, 1.54) is 0 Å². The highest BCUT2D eigenvalue weighted by molar-refractivity contribution is 7.99. The highest BCUT2D eigenvalue weighted by Gasteiger charge is 2.37. The van der Waals surface area contributed by atoms with E-state index < -0.39 is 5.60 Å². The highest BCUT2D eigenvalue weighted by atomic mass is 32.2. The molecule has 1 N–H and O–H groups in total. The first-order valence-corrected chi connectivity index (χ1v) is 10.5. The van der Waals surface area contributed by atoms with E-state index in [1.54, 1.807) is 18.9 Å². The molecule has 28 heavy (non-hydrogen) atoms. The van der Waals surface area contributed by atoms with Crippen molar-refractivity contribution >= 4 is 11.8 Å². The van der Waals surface area contributed by atoms with E-state index in [9.17, 15) is 0 Å². The van der Waals surface area contributed by atoms with Crippen LogP contribution in [0.15, 0.2) is 84.9 Å². The van der Waals surface area contributed by atoms with Gasteiger partial charge in [-0.3, -0.25) is 0 Å². The van der Waals surface area contributed by atoms with Gasteiger partial charge in [0.1, 0.15) is 11.4 Å². The van der Waals surface area contributed by atoms with Crippen molar-refractivity contribution in [2.45, 2.75) is 5.60 Å².